The third kappa shape index (κ3) is 5.50. The largest absolute Gasteiger partial charge is 0.492 e. The van der Waals surface area contributed by atoms with Gasteiger partial charge in [-0.3, -0.25) is 0 Å². The third-order valence-corrected chi connectivity index (χ3v) is 6.72. The first-order chi connectivity index (χ1) is 15.0. The van der Waals surface area contributed by atoms with Crippen LogP contribution in [0.4, 0.5) is 29.3 Å². The summed E-state index contributed by atoms with van der Waals surface area (Å²) in [4.78, 5) is 15.7. The predicted molar refractivity (Wildman–Crippen MR) is 112 cm³/mol. The van der Waals surface area contributed by atoms with E-state index in [0.717, 1.165) is 18.2 Å². The normalized spacial score (nSPS) is 14.8. The predicted octanol–water partition coefficient (Wildman–Crippen LogP) is 4.97. The number of rotatable bonds is 7. The molecule has 1 aliphatic rings. The standard InChI is InChI=1S/C21H20F3N3O4S/c1-3-31-18-8-7-16(32(29,30)13-20(25-2)9-10-20)12-17(18)27-19(28)26-15-6-4-5-14(11-15)21(22,23)24/h4-8,11-12H,3,9-10,13H2,1H3,(H2,26,27,28). The molecule has 0 unspecified atom stereocenters. The Bertz CT molecular complexity index is 1170. The van der Waals surface area contributed by atoms with E-state index in [0.29, 0.717) is 12.8 Å². The Labute approximate surface area is 183 Å². The van der Waals surface area contributed by atoms with E-state index in [1.165, 1.54) is 24.3 Å². The van der Waals surface area contributed by atoms with Crippen molar-refractivity contribution in [2.75, 3.05) is 23.0 Å². The molecule has 2 N–H and O–H groups in total. The van der Waals surface area contributed by atoms with E-state index < -0.39 is 33.1 Å². The molecule has 0 radical (unpaired) electrons. The quantitative estimate of drug-likeness (QED) is 0.563. The zero-order valence-electron chi connectivity index (χ0n) is 17.0. The summed E-state index contributed by atoms with van der Waals surface area (Å²) < 4.78 is 69.6. The van der Waals surface area contributed by atoms with Crippen LogP contribution in [0, 0.1) is 6.57 Å². The molecule has 0 bridgehead atoms. The molecule has 170 valence electrons. The van der Waals surface area contributed by atoms with Gasteiger partial charge in [0.25, 0.3) is 0 Å². The number of amides is 2. The fourth-order valence-corrected chi connectivity index (χ4v) is 4.81. The van der Waals surface area contributed by atoms with Crippen LogP contribution in [0.15, 0.2) is 47.4 Å². The van der Waals surface area contributed by atoms with Gasteiger partial charge in [0.05, 0.1) is 22.8 Å². The molecule has 0 heterocycles. The van der Waals surface area contributed by atoms with Gasteiger partial charge in [0.2, 0.25) is 5.54 Å². The SMILES string of the molecule is [C-]#[N+]C1(CS(=O)(=O)c2ccc(OCC)c(NC(=O)Nc3cccc(C(F)(F)F)c3)c2)CC1. The minimum absolute atomic E-state index is 0.0325. The van der Waals surface area contributed by atoms with Crippen LogP contribution < -0.4 is 15.4 Å². The minimum Gasteiger partial charge on any atom is -0.492 e. The van der Waals surface area contributed by atoms with Crippen molar-refractivity contribution in [1.82, 2.24) is 0 Å². The molecular formula is C21H20F3N3O4S. The van der Waals surface area contributed by atoms with Crippen LogP contribution in [0.25, 0.3) is 4.85 Å². The fraction of sp³-hybridized carbons (Fsp3) is 0.333. The van der Waals surface area contributed by atoms with Crippen molar-refractivity contribution < 1.29 is 31.1 Å². The number of nitrogens with one attached hydrogen (secondary N) is 2. The van der Waals surface area contributed by atoms with E-state index in [2.05, 4.69) is 15.5 Å². The van der Waals surface area contributed by atoms with Crippen molar-refractivity contribution >= 4 is 27.2 Å². The van der Waals surface area contributed by atoms with Gasteiger partial charge in [-0.05, 0) is 43.3 Å². The van der Waals surface area contributed by atoms with Crippen LogP contribution in [0.3, 0.4) is 0 Å². The molecule has 1 aliphatic carbocycles. The number of urea groups is 1. The Kier molecular flexibility index (Phi) is 6.37. The highest BCUT2D eigenvalue weighted by molar-refractivity contribution is 7.91. The lowest BCUT2D eigenvalue weighted by molar-refractivity contribution is -0.137. The summed E-state index contributed by atoms with van der Waals surface area (Å²) in [6.07, 6.45) is -3.54. The molecule has 0 saturated heterocycles. The van der Waals surface area contributed by atoms with Gasteiger partial charge in [0.1, 0.15) is 11.5 Å². The first kappa shape index (κ1) is 23.4. The van der Waals surface area contributed by atoms with E-state index in [1.54, 1.807) is 6.92 Å². The smallest absolute Gasteiger partial charge is 0.416 e. The van der Waals surface area contributed by atoms with Crippen LogP contribution in [0.5, 0.6) is 5.75 Å². The van der Waals surface area contributed by atoms with E-state index in [1.807, 2.05) is 0 Å². The third-order valence-electron chi connectivity index (χ3n) is 4.83. The summed E-state index contributed by atoms with van der Waals surface area (Å²) in [5.41, 5.74) is -1.88. The molecule has 0 aromatic heterocycles. The average molecular weight is 467 g/mol. The fourth-order valence-electron chi connectivity index (χ4n) is 3.01. The highest BCUT2D eigenvalue weighted by atomic mass is 32.2. The minimum atomic E-state index is -4.57. The molecule has 1 fully saturated rings. The number of benzene rings is 2. The number of hydrogen-bond donors (Lipinski definition) is 2. The van der Waals surface area contributed by atoms with E-state index in [4.69, 9.17) is 11.3 Å². The molecule has 32 heavy (non-hydrogen) atoms. The van der Waals surface area contributed by atoms with E-state index in [9.17, 15) is 26.4 Å². The van der Waals surface area contributed by atoms with Gasteiger partial charge in [-0.15, -0.1) is 0 Å². The second kappa shape index (κ2) is 8.70. The van der Waals surface area contributed by atoms with Gasteiger partial charge in [0.15, 0.2) is 9.84 Å². The van der Waals surface area contributed by atoms with E-state index >= 15 is 0 Å². The van der Waals surface area contributed by atoms with Gasteiger partial charge in [-0.1, -0.05) is 6.07 Å². The Morgan fingerprint density at radius 2 is 1.91 bits per heavy atom. The van der Waals surface area contributed by atoms with Gasteiger partial charge >= 0.3 is 12.2 Å². The lowest BCUT2D eigenvalue weighted by Crippen LogP contribution is -2.22. The van der Waals surface area contributed by atoms with Crippen LogP contribution in [-0.4, -0.2) is 32.3 Å². The maximum atomic E-state index is 12.9. The first-order valence-corrected chi connectivity index (χ1v) is 11.3. The van der Waals surface area contributed by atoms with Gasteiger partial charge in [-0.2, -0.15) is 13.2 Å². The van der Waals surface area contributed by atoms with Gasteiger partial charge < -0.3 is 20.2 Å². The van der Waals surface area contributed by atoms with Crippen molar-refractivity contribution in [3.8, 4) is 5.75 Å². The molecule has 2 aromatic rings. The van der Waals surface area contributed by atoms with Crippen LogP contribution in [0.1, 0.15) is 25.3 Å². The molecule has 0 atom stereocenters. The lowest BCUT2D eigenvalue weighted by Gasteiger charge is -2.15. The summed E-state index contributed by atoms with van der Waals surface area (Å²) in [6.45, 7) is 9.13. The summed E-state index contributed by atoms with van der Waals surface area (Å²) in [5.74, 6) is -0.134. The zero-order valence-corrected chi connectivity index (χ0v) is 17.8. The molecule has 11 heteroatoms. The van der Waals surface area contributed by atoms with Crippen LogP contribution in [0.2, 0.25) is 0 Å². The highest BCUT2D eigenvalue weighted by Crippen LogP contribution is 2.42. The molecule has 1 saturated carbocycles. The van der Waals surface area contributed by atoms with Gasteiger partial charge in [0, 0.05) is 18.5 Å². The molecule has 7 nitrogen and oxygen atoms in total. The maximum absolute atomic E-state index is 12.9. The first-order valence-electron chi connectivity index (χ1n) is 9.61. The summed E-state index contributed by atoms with van der Waals surface area (Å²) in [7, 11) is -3.80. The Balaban J connectivity index is 1.82. The number of halogens is 3. The van der Waals surface area contributed by atoms with Crippen molar-refractivity contribution in [2.24, 2.45) is 0 Å². The van der Waals surface area contributed by atoms with Crippen LogP contribution >= 0.6 is 0 Å². The number of nitrogens with zero attached hydrogens (tertiary/aromatic N) is 1. The summed E-state index contributed by atoms with van der Waals surface area (Å²) in [6, 6.07) is 7.15. The second-order valence-electron chi connectivity index (χ2n) is 7.34. The molecule has 0 aliphatic heterocycles. The number of anilines is 2. The molecule has 3 rings (SSSR count). The average Bonchev–Trinajstić information content (AvgIpc) is 3.48. The monoisotopic (exact) mass is 467 g/mol. The summed E-state index contributed by atoms with van der Waals surface area (Å²) in [5, 5.41) is 4.72. The second-order valence-corrected chi connectivity index (χ2v) is 9.33. The molecule has 2 aromatic carbocycles. The Morgan fingerprint density at radius 1 is 1.19 bits per heavy atom. The number of sulfone groups is 1. The van der Waals surface area contributed by atoms with Crippen molar-refractivity contribution in [1.29, 1.82) is 0 Å². The topological polar surface area (TPSA) is 88.9 Å². The number of alkyl halides is 3. The maximum Gasteiger partial charge on any atom is 0.416 e. The zero-order chi connectivity index (χ0) is 23.6. The number of hydrogen-bond acceptors (Lipinski definition) is 4. The Morgan fingerprint density at radius 3 is 2.50 bits per heavy atom. The van der Waals surface area contributed by atoms with Crippen molar-refractivity contribution in [3.05, 3.63) is 59.4 Å². The Hall–Kier alpha value is -3.26. The van der Waals surface area contributed by atoms with Gasteiger partial charge in [-0.25, -0.2) is 19.8 Å². The van der Waals surface area contributed by atoms with E-state index in [-0.39, 0.29) is 34.4 Å². The number of carbonyl (C=O) groups excluding carboxylic acids is 1. The number of carbonyl (C=O) groups is 1. The molecule has 0 spiro atoms. The number of ether oxygens (including phenoxy) is 1. The molecule has 2 amide bonds. The van der Waals surface area contributed by atoms with Crippen molar-refractivity contribution in [2.45, 2.75) is 36.4 Å². The van der Waals surface area contributed by atoms with Crippen molar-refractivity contribution in [3.63, 3.8) is 0 Å². The van der Waals surface area contributed by atoms with Crippen LogP contribution in [-0.2, 0) is 16.0 Å². The molecular weight excluding hydrogens is 447 g/mol. The highest BCUT2D eigenvalue weighted by Gasteiger charge is 2.54. The summed E-state index contributed by atoms with van der Waals surface area (Å²) >= 11 is 0. The lowest BCUT2D eigenvalue weighted by atomic mass is 10.2.